The number of para-hydroxylation sites is 4. The Bertz CT molecular complexity index is 3230. The number of anilines is 4. The second kappa shape index (κ2) is 16.8. The number of aromatic nitrogens is 2. The summed E-state index contributed by atoms with van der Waals surface area (Å²) in [6.45, 7) is 19.8. The number of rotatable bonds is 7. The van der Waals surface area contributed by atoms with Gasteiger partial charge in [-0.3, -0.25) is 0 Å². The molecule has 7 aromatic carbocycles. The van der Waals surface area contributed by atoms with Gasteiger partial charge >= 0.3 is 0 Å². The van der Waals surface area contributed by atoms with Crippen LogP contribution in [0.4, 0.5) is 27.1 Å². The van der Waals surface area contributed by atoms with Crippen molar-refractivity contribution in [2.45, 2.75) is 66.2 Å². The van der Waals surface area contributed by atoms with Crippen LogP contribution in [0.15, 0.2) is 152 Å². The van der Waals surface area contributed by atoms with Gasteiger partial charge in [0, 0.05) is 66.9 Å². The van der Waals surface area contributed by atoms with E-state index in [1.807, 2.05) is 24.4 Å². The first-order chi connectivity index (χ1) is 30.7. The van der Waals surface area contributed by atoms with Crippen molar-refractivity contribution in [2.75, 3.05) is 9.80 Å². The molecule has 0 N–H and O–H groups in total. The van der Waals surface area contributed by atoms with Crippen LogP contribution in [0.2, 0.25) is 0 Å². The van der Waals surface area contributed by atoms with Crippen molar-refractivity contribution in [1.29, 1.82) is 0 Å². The largest absolute Gasteiger partial charge is 0.509 e. The zero-order valence-electron chi connectivity index (χ0n) is 37.9. The smallest absolute Gasteiger partial charge is 0.135 e. The molecule has 7 heteroatoms. The summed E-state index contributed by atoms with van der Waals surface area (Å²) in [5, 5.41) is 2.19. The van der Waals surface area contributed by atoms with Crippen molar-refractivity contribution in [3.05, 3.63) is 199 Å². The van der Waals surface area contributed by atoms with Crippen LogP contribution < -0.4 is 14.5 Å². The average Bonchev–Trinajstić information content (AvgIpc) is 3.81. The van der Waals surface area contributed by atoms with Gasteiger partial charge in [-0.1, -0.05) is 137 Å². The van der Waals surface area contributed by atoms with Crippen molar-refractivity contribution in [3.63, 3.8) is 0 Å². The topological polar surface area (TPSA) is 33.5 Å². The number of fused-ring (bicyclic) bond motifs is 4. The van der Waals surface area contributed by atoms with E-state index in [-0.39, 0.29) is 37.7 Å². The minimum absolute atomic E-state index is 0. The predicted octanol–water partition coefficient (Wildman–Crippen LogP) is 15.7. The molecule has 0 aliphatic carbocycles. The number of hydrogen-bond acceptors (Lipinski definition) is 4. The van der Waals surface area contributed by atoms with Gasteiger partial charge in [-0.05, 0) is 94.8 Å². The molecule has 1 aliphatic heterocycles. The Kier molecular flexibility index (Phi) is 11.3. The van der Waals surface area contributed by atoms with E-state index < -0.39 is 0 Å². The fourth-order valence-electron chi connectivity index (χ4n) is 9.07. The molecule has 0 saturated heterocycles. The van der Waals surface area contributed by atoms with Gasteiger partial charge in [0.2, 0.25) is 0 Å². The van der Waals surface area contributed by atoms with Crippen molar-refractivity contribution < 1.29 is 30.2 Å². The number of halogens is 1. The Morgan fingerprint density at radius 2 is 1.29 bits per heavy atom. The van der Waals surface area contributed by atoms with Gasteiger partial charge in [0.1, 0.15) is 11.6 Å². The van der Waals surface area contributed by atoms with Crippen LogP contribution in [0, 0.1) is 38.5 Å². The third-order valence-electron chi connectivity index (χ3n) is 12.1. The van der Waals surface area contributed by atoms with E-state index in [2.05, 4.69) is 204 Å². The maximum Gasteiger partial charge on any atom is 0.135 e. The minimum atomic E-state index is -0.262. The number of benzene rings is 7. The quantitative estimate of drug-likeness (QED) is 0.149. The summed E-state index contributed by atoms with van der Waals surface area (Å²) in [6.07, 6.45) is 1.89. The standard InChI is InChI=1S/C58H50FN4O.Pt/c1-37-28-38(2)30-40(29-37)41-31-44(61-36-62(53-19-12-11-18-52(53)61)56-47(39-20-22-43(59)23-21-39)15-13-16-50(56)58(6,7)8)34-46(32-41)64-45-24-25-49-48-14-9-10-17-51(48)63(54(49)35-45)55-33-42(26-27-60-55)57(3,4)5;/h9-33,36H,1-8H3;/q-3;. The monoisotopic (exact) mass is 1030 g/mol. The zero-order chi connectivity index (χ0) is 44.5. The van der Waals surface area contributed by atoms with E-state index in [1.165, 1.54) is 34.4 Å². The normalized spacial score (nSPS) is 12.8. The Labute approximate surface area is 396 Å². The molecule has 5 nitrogen and oxygen atoms in total. The maximum atomic E-state index is 14.3. The molecule has 0 atom stereocenters. The fraction of sp³-hybridized carbons (Fsp3) is 0.172. The van der Waals surface area contributed by atoms with E-state index in [0.717, 1.165) is 72.6 Å². The summed E-state index contributed by atoms with van der Waals surface area (Å²) >= 11 is 0. The molecule has 1 aliphatic rings. The van der Waals surface area contributed by atoms with Gasteiger partial charge in [0.15, 0.2) is 0 Å². The van der Waals surface area contributed by atoms with E-state index in [1.54, 1.807) is 0 Å². The molecule has 0 unspecified atom stereocenters. The Morgan fingerprint density at radius 3 is 2.02 bits per heavy atom. The van der Waals surface area contributed by atoms with Gasteiger partial charge in [0.05, 0.1) is 0 Å². The number of hydrogen-bond donors (Lipinski definition) is 0. The van der Waals surface area contributed by atoms with E-state index >= 15 is 0 Å². The van der Waals surface area contributed by atoms with Crippen LogP contribution >= 0.6 is 0 Å². The Hall–Kier alpha value is -6.49. The second-order valence-corrected chi connectivity index (χ2v) is 19.0. The minimum Gasteiger partial charge on any atom is -0.509 e. The van der Waals surface area contributed by atoms with Gasteiger partial charge in [0.25, 0.3) is 0 Å². The summed E-state index contributed by atoms with van der Waals surface area (Å²) in [4.78, 5) is 9.35. The SMILES string of the molecule is Cc1cc(C)cc(-c2cc(Oc3[c-]c4c(cc3)c3ccccc3n4-c3cc(C(C)(C)C)ccn3)[c-]c(N3[CH-]N(c4c(-c5ccc(F)cc5)cccc4C(C)(C)C)c4ccccc43)c2)c1.[Pt]. The molecule has 3 heterocycles. The Balaban J connectivity index is 0.00000533. The molecule has 0 bridgehead atoms. The molecule has 328 valence electrons. The number of pyridine rings is 1. The number of aryl methyl sites for hydroxylation is 2. The molecule has 9 aromatic rings. The van der Waals surface area contributed by atoms with Gasteiger partial charge < -0.3 is 19.1 Å². The third-order valence-corrected chi connectivity index (χ3v) is 12.1. The second-order valence-electron chi connectivity index (χ2n) is 19.0. The van der Waals surface area contributed by atoms with Crippen LogP contribution in [0.1, 0.15) is 63.8 Å². The molecular weight excluding hydrogens is 983 g/mol. The van der Waals surface area contributed by atoms with Crippen molar-refractivity contribution in [2.24, 2.45) is 0 Å². The van der Waals surface area contributed by atoms with E-state index in [0.29, 0.717) is 11.5 Å². The van der Waals surface area contributed by atoms with Crippen molar-refractivity contribution in [3.8, 4) is 39.6 Å². The van der Waals surface area contributed by atoms with Crippen LogP contribution in [0.25, 0.3) is 49.9 Å². The van der Waals surface area contributed by atoms with Gasteiger partial charge in [-0.15, -0.1) is 53.6 Å². The van der Waals surface area contributed by atoms with Gasteiger partial charge in [-0.2, -0.15) is 6.07 Å². The first-order valence-corrected chi connectivity index (χ1v) is 21.9. The molecule has 0 fully saturated rings. The molecule has 0 amide bonds. The maximum absolute atomic E-state index is 14.3. The predicted molar refractivity (Wildman–Crippen MR) is 262 cm³/mol. The first kappa shape index (κ1) is 43.7. The summed E-state index contributed by atoms with van der Waals surface area (Å²) in [6, 6.07) is 56.7. The molecule has 10 rings (SSSR count). The van der Waals surface area contributed by atoms with Crippen LogP contribution in [-0.4, -0.2) is 9.55 Å². The molecule has 0 radical (unpaired) electrons. The average molecular weight is 1030 g/mol. The summed E-state index contributed by atoms with van der Waals surface area (Å²) in [7, 11) is 0. The summed E-state index contributed by atoms with van der Waals surface area (Å²) < 4.78 is 23.4. The number of nitrogens with zero attached hydrogens (tertiary/aromatic N) is 4. The van der Waals surface area contributed by atoms with Crippen molar-refractivity contribution >= 4 is 44.6 Å². The molecule has 65 heavy (non-hydrogen) atoms. The van der Waals surface area contributed by atoms with Crippen LogP contribution in [-0.2, 0) is 31.9 Å². The zero-order valence-corrected chi connectivity index (χ0v) is 40.2. The summed E-state index contributed by atoms with van der Waals surface area (Å²) in [5.41, 5.74) is 14.3. The fourth-order valence-corrected chi connectivity index (χ4v) is 9.07. The molecule has 2 aromatic heterocycles. The Morgan fingerprint density at radius 1 is 0.600 bits per heavy atom. The first-order valence-electron chi connectivity index (χ1n) is 21.9. The van der Waals surface area contributed by atoms with E-state index in [4.69, 9.17) is 9.72 Å². The molecular formula is C58H50FN4OPt-3. The summed E-state index contributed by atoms with van der Waals surface area (Å²) in [5.74, 6) is 1.70. The van der Waals surface area contributed by atoms with E-state index in [9.17, 15) is 4.39 Å². The van der Waals surface area contributed by atoms with Crippen LogP contribution in [0.3, 0.4) is 0 Å². The van der Waals surface area contributed by atoms with Crippen molar-refractivity contribution in [1.82, 2.24) is 9.55 Å². The van der Waals surface area contributed by atoms with Crippen LogP contribution in [0.5, 0.6) is 11.5 Å². The third kappa shape index (κ3) is 8.26. The molecule has 0 saturated carbocycles. The van der Waals surface area contributed by atoms with Gasteiger partial charge in [-0.25, -0.2) is 9.37 Å². The molecule has 0 spiro atoms. The number of ether oxygens (including phenoxy) is 1.